The zero-order valence-electron chi connectivity index (χ0n) is 20.5. The summed E-state index contributed by atoms with van der Waals surface area (Å²) >= 11 is 0. The predicted molar refractivity (Wildman–Crippen MR) is 146 cm³/mol. The fraction of sp³-hybridized carbons (Fsp3) is 0.100. The number of halogens is 1. The van der Waals surface area contributed by atoms with E-state index in [2.05, 4.69) is 5.10 Å². The van der Waals surface area contributed by atoms with Gasteiger partial charge in [0.05, 0.1) is 17.1 Å². The lowest BCUT2D eigenvalue weighted by atomic mass is 10.1. The van der Waals surface area contributed by atoms with Crippen molar-refractivity contribution in [1.29, 1.82) is 0 Å². The Hall–Kier alpha value is -4.78. The molecule has 7 heteroatoms. The van der Waals surface area contributed by atoms with E-state index in [1.807, 2.05) is 85.7 Å². The third kappa shape index (κ3) is 5.26. The molecule has 0 unspecified atom stereocenters. The molecule has 1 heterocycles. The molecule has 0 saturated heterocycles. The van der Waals surface area contributed by atoms with Crippen LogP contribution < -0.4 is 15.2 Å². The van der Waals surface area contributed by atoms with E-state index in [4.69, 9.17) is 9.72 Å². The largest absolute Gasteiger partial charge is 0.488 e. The molecule has 0 aliphatic carbocycles. The minimum Gasteiger partial charge on any atom is -0.488 e. The molecule has 0 N–H and O–H groups in total. The number of benzene rings is 4. The number of hydrogen-bond donors (Lipinski definition) is 0. The molecule has 0 fully saturated rings. The van der Waals surface area contributed by atoms with Crippen LogP contribution in [0.5, 0.6) is 5.75 Å². The minimum atomic E-state index is -0.296. The molecule has 5 aromatic rings. The van der Waals surface area contributed by atoms with E-state index < -0.39 is 0 Å². The fourth-order valence-electron chi connectivity index (χ4n) is 3.90. The summed E-state index contributed by atoms with van der Waals surface area (Å²) in [4.78, 5) is 20.2. The van der Waals surface area contributed by atoms with Crippen LogP contribution in [0.1, 0.15) is 11.1 Å². The highest BCUT2D eigenvalue weighted by molar-refractivity contribution is 5.85. The molecule has 0 spiro atoms. The van der Waals surface area contributed by atoms with E-state index in [0.29, 0.717) is 28.0 Å². The van der Waals surface area contributed by atoms with Crippen LogP contribution in [-0.4, -0.2) is 30.0 Å². The smallest absolute Gasteiger partial charge is 0.282 e. The van der Waals surface area contributed by atoms with Gasteiger partial charge in [-0.25, -0.2) is 9.37 Å². The van der Waals surface area contributed by atoms with E-state index >= 15 is 0 Å². The molecule has 0 atom stereocenters. The Kier molecular flexibility index (Phi) is 6.76. The SMILES string of the molecule is CN(C)c1ccc(C=Nn2c(-c3ccccc3)nc3ccccc3c2=O)c(OCc2ccc(F)cc2)c1. The van der Waals surface area contributed by atoms with Gasteiger partial charge in [-0.1, -0.05) is 54.6 Å². The maximum Gasteiger partial charge on any atom is 0.282 e. The lowest BCUT2D eigenvalue weighted by molar-refractivity contribution is 0.305. The standard InChI is InChI=1S/C30H25FN4O2/c1-34(2)25-17-14-23(28(18-25)37-20-21-12-15-24(31)16-13-21)19-32-35-29(22-8-4-3-5-9-22)33-27-11-7-6-10-26(27)30(35)36/h3-19H,20H2,1-2H3. The summed E-state index contributed by atoms with van der Waals surface area (Å²) in [5, 5.41) is 5.06. The van der Waals surface area contributed by atoms with Crippen molar-refractivity contribution in [1.82, 2.24) is 9.66 Å². The number of fused-ring (bicyclic) bond motifs is 1. The molecule has 5 rings (SSSR count). The molecule has 184 valence electrons. The van der Waals surface area contributed by atoms with E-state index in [9.17, 15) is 9.18 Å². The Bertz CT molecular complexity index is 1630. The molecule has 0 aliphatic heterocycles. The van der Waals surface area contributed by atoms with Crippen molar-refractivity contribution >= 4 is 22.8 Å². The highest BCUT2D eigenvalue weighted by atomic mass is 19.1. The molecular formula is C30H25FN4O2. The minimum absolute atomic E-state index is 0.255. The van der Waals surface area contributed by atoms with Gasteiger partial charge in [0, 0.05) is 37.0 Å². The first-order chi connectivity index (χ1) is 18.0. The Labute approximate surface area is 213 Å². The van der Waals surface area contributed by atoms with Crippen molar-refractivity contribution in [3.63, 3.8) is 0 Å². The molecule has 0 bridgehead atoms. The maximum absolute atomic E-state index is 13.5. The first-order valence-electron chi connectivity index (χ1n) is 11.8. The second-order valence-electron chi connectivity index (χ2n) is 8.71. The molecular weight excluding hydrogens is 467 g/mol. The topological polar surface area (TPSA) is 59.7 Å². The number of para-hydroxylation sites is 1. The van der Waals surface area contributed by atoms with Crippen LogP contribution in [0.3, 0.4) is 0 Å². The van der Waals surface area contributed by atoms with Gasteiger partial charge in [-0.3, -0.25) is 4.79 Å². The summed E-state index contributed by atoms with van der Waals surface area (Å²) in [6.07, 6.45) is 1.60. The Morgan fingerprint density at radius 1 is 0.946 bits per heavy atom. The second-order valence-corrected chi connectivity index (χ2v) is 8.71. The lowest BCUT2D eigenvalue weighted by Gasteiger charge is -2.16. The van der Waals surface area contributed by atoms with Crippen LogP contribution in [0.2, 0.25) is 0 Å². The third-order valence-electron chi connectivity index (χ3n) is 5.92. The zero-order valence-corrected chi connectivity index (χ0v) is 20.5. The van der Waals surface area contributed by atoms with Crippen molar-refractivity contribution < 1.29 is 9.13 Å². The average molecular weight is 493 g/mol. The monoisotopic (exact) mass is 492 g/mol. The van der Waals surface area contributed by atoms with E-state index in [1.54, 1.807) is 24.4 Å². The third-order valence-corrected chi connectivity index (χ3v) is 5.92. The molecule has 6 nitrogen and oxygen atoms in total. The second kappa shape index (κ2) is 10.5. The Morgan fingerprint density at radius 2 is 1.68 bits per heavy atom. The van der Waals surface area contributed by atoms with Gasteiger partial charge < -0.3 is 9.64 Å². The van der Waals surface area contributed by atoms with Crippen molar-refractivity contribution in [2.45, 2.75) is 6.61 Å². The molecule has 37 heavy (non-hydrogen) atoms. The molecule has 0 aliphatic rings. The predicted octanol–water partition coefficient (Wildman–Crippen LogP) is 5.73. The number of nitrogens with zero attached hydrogens (tertiary/aromatic N) is 4. The molecule has 0 amide bonds. The first kappa shape index (κ1) is 23.9. The zero-order chi connectivity index (χ0) is 25.8. The lowest BCUT2D eigenvalue weighted by Crippen LogP contribution is -2.20. The molecule has 4 aromatic carbocycles. The summed E-state index contributed by atoms with van der Waals surface area (Å²) < 4.78 is 20.7. The van der Waals surface area contributed by atoms with Gasteiger partial charge in [-0.2, -0.15) is 9.78 Å². The summed E-state index contributed by atoms with van der Waals surface area (Å²) in [6.45, 7) is 0.255. The summed E-state index contributed by atoms with van der Waals surface area (Å²) in [5.41, 5.74) is 3.59. The van der Waals surface area contributed by atoms with Crippen LogP contribution in [0.4, 0.5) is 10.1 Å². The van der Waals surface area contributed by atoms with E-state index in [0.717, 1.165) is 16.8 Å². The first-order valence-corrected chi connectivity index (χ1v) is 11.8. The number of anilines is 1. The van der Waals surface area contributed by atoms with Gasteiger partial charge >= 0.3 is 0 Å². The molecule has 1 aromatic heterocycles. The number of aromatic nitrogens is 2. The van der Waals surface area contributed by atoms with Gasteiger partial charge in [-0.15, -0.1) is 0 Å². The van der Waals surface area contributed by atoms with Crippen LogP contribution in [0.25, 0.3) is 22.3 Å². The summed E-state index contributed by atoms with van der Waals surface area (Å²) in [6, 6.07) is 28.6. The Balaban J connectivity index is 1.57. The quantitative estimate of drug-likeness (QED) is 0.272. The van der Waals surface area contributed by atoms with Crippen molar-refractivity contribution in [3.05, 3.63) is 124 Å². The van der Waals surface area contributed by atoms with Crippen molar-refractivity contribution in [3.8, 4) is 17.1 Å². The van der Waals surface area contributed by atoms with Crippen LogP contribution >= 0.6 is 0 Å². The van der Waals surface area contributed by atoms with Gasteiger partial charge in [0.2, 0.25) is 0 Å². The Morgan fingerprint density at radius 3 is 2.43 bits per heavy atom. The highest BCUT2D eigenvalue weighted by Crippen LogP contribution is 2.25. The average Bonchev–Trinajstić information content (AvgIpc) is 2.93. The molecule has 0 saturated carbocycles. The van der Waals surface area contributed by atoms with E-state index in [-0.39, 0.29) is 18.0 Å². The highest BCUT2D eigenvalue weighted by Gasteiger charge is 2.13. The van der Waals surface area contributed by atoms with Gasteiger partial charge in [0.15, 0.2) is 5.82 Å². The van der Waals surface area contributed by atoms with Gasteiger partial charge in [-0.05, 0) is 42.0 Å². The normalized spacial score (nSPS) is 11.2. The number of hydrogen-bond acceptors (Lipinski definition) is 5. The fourth-order valence-corrected chi connectivity index (χ4v) is 3.90. The number of rotatable bonds is 7. The maximum atomic E-state index is 13.5. The van der Waals surface area contributed by atoms with Crippen LogP contribution in [-0.2, 0) is 6.61 Å². The van der Waals surface area contributed by atoms with Crippen LogP contribution in [0.15, 0.2) is 107 Å². The van der Waals surface area contributed by atoms with Crippen molar-refractivity contribution in [2.24, 2.45) is 5.10 Å². The summed E-state index contributed by atoms with van der Waals surface area (Å²) in [5.74, 6) is 0.733. The van der Waals surface area contributed by atoms with E-state index in [1.165, 1.54) is 16.8 Å². The van der Waals surface area contributed by atoms with Crippen LogP contribution in [0, 0.1) is 5.82 Å². The number of ether oxygens (including phenoxy) is 1. The van der Waals surface area contributed by atoms with Gasteiger partial charge in [0.1, 0.15) is 18.2 Å². The summed E-state index contributed by atoms with van der Waals surface area (Å²) in [7, 11) is 3.89. The van der Waals surface area contributed by atoms with Gasteiger partial charge in [0.25, 0.3) is 5.56 Å². The van der Waals surface area contributed by atoms with Crippen molar-refractivity contribution in [2.75, 3.05) is 19.0 Å². The molecule has 0 radical (unpaired) electrons.